The molecule has 1 heterocycles. The van der Waals surface area contributed by atoms with E-state index in [0.29, 0.717) is 6.04 Å². The molecule has 0 aromatic rings. The van der Waals surface area contributed by atoms with Gasteiger partial charge in [-0.25, -0.2) is 0 Å². The lowest BCUT2D eigenvalue weighted by atomic mass is 9.79. The highest BCUT2D eigenvalue weighted by Gasteiger charge is 2.35. The van der Waals surface area contributed by atoms with E-state index in [1.54, 1.807) is 0 Å². The third-order valence-electron chi connectivity index (χ3n) is 4.66. The van der Waals surface area contributed by atoms with Gasteiger partial charge in [-0.15, -0.1) is 0 Å². The van der Waals surface area contributed by atoms with E-state index in [1.807, 2.05) is 6.92 Å². The lowest BCUT2D eigenvalue weighted by Crippen LogP contribution is -2.44. The maximum absolute atomic E-state index is 9.61. The number of nitrogens with zero attached hydrogens (tertiary/aromatic N) is 1. The monoisotopic (exact) mass is 239 g/mol. The SMILES string of the molecule is CC(O)CC1CCCN1C1CC(C)CC(C)C1. The molecule has 0 aromatic carbocycles. The highest BCUT2D eigenvalue weighted by molar-refractivity contribution is 4.89. The Morgan fingerprint density at radius 3 is 2.41 bits per heavy atom. The minimum absolute atomic E-state index is 0.140. The fourth-order valence-corrected chi connectivity index (χ4v) is 4.16. The van der Waals surface area contributed by atoms with Crippen molar-refractivity contribution in [2.24, 2.45) is 11.8 Å². The Bertz CT molecular complexity index is 231. The molecule has 1 N–H and O–H groups in total. The molecular formula is C15H29NO. The van der Waals surface area contributed by atoms with E-state index in [-0.39, 0.29) is 6.10 Å². The van der Waals surface area contributed by atoms with Gasteiger partial charge in [0.25, 0.3) is 0 Å². The normalized spacial score (nSPS) is 41.6. The molecule has 1 aliphatic carbocycles. The van der Waals surface area contributed by atoms with Crippen LogP contribution in [0.2, 0.25) is 0 Å². The summed E-state index contributed by atoms with van der Waals surface area (Å²) in [6.07, 6.45) is 7.62. The first kappa shape index (κ1) is 13.4. The number of aliphatic hydroxyl groups excluding tert-OH is 1. The molecule has 1 aliphatic heterocycles. The minimum atomic E-state index is -0.140. The summed E-state index contributed by atoms with van der Waals surface area (Å²) >= 11 is 0. The third-order valence-corrected chi connectivity index (χ3v) is 4.66. The molecule has 2 nitrogen and oxygen atoms in total. The summed E-state index contributed by atoms with van der Waals surface area (Å²) in [5.74, 6) is 1.77. The molecule has 17 heavy (non-hydrogen) atoms. The van der Waals surface area contributed by atoms with Crippen molar-refractivity contribution in [3.63, 3.8) is 0 Å². The van der Waals surface area contributed by atoms with E-state index in [4.69, 9.17) is 0 Å². The zero-order chi connectivity index (χ0) is 12.4. The van der Waals surface area contributed by atoms with E-state index in [2.05, 4.69) is 18.7 Å². The van der Waals surface area contributed by atoms with Crippen LogP contribution >= 0.6 is 0 Å². The summed E-state index contributed by atoms with van der Waals surface area (Å²) in [6, 6.07) is 1.44. The van der Waals surface area contributed by atoms with E-state index in [9.17, 15) is 5.11 Å². The third kappa shape index (κ3) is 3.45. The smallest absolute Gasteiger partial charge is 0.0527 e. The van der Waals surface area contributed by atoms with Crippen LogP contribution in [0.3, 0.4) is 0 Å². The van der Waals surface area contributed by atoms with Gasteiger partial charge in [0.15, 0.2) is 0 Å². The van der Waals surface area contributed by atoms with Gasteiger partial charge in [-0.2, -0.15) is 0 Å². The second-order valence-electron chi connectivity index (χ2n) is 6.69. The first-order valence-electron chi connectivity index (χ1n) is 7.50. The number of hydrogen-bond acceptors (Lipinski definition) is 2. The average Bonchev–Trinajstić information content (AvgIpc) is 2.63. The number of likely N-dealkylation sites (tertiary alicyclic amines) is 1. The predicted octanol–water partition coefficient (Wildman–Crippen LogP) is 3.05. The molecule has 4 atom stereocenters. The highest BCUT2D eigenvalue weighted by atomic mass is 16.3. The Kier molecular flexibility index (Phi) is 4.48. The van der Waals surface area contributed by atoms with Crippen molar-refractivity contribution in [1.82, 2.24) is 4.90 Å². The Morgan fingerprint density at radius 1 is 1.18 bits per heavy atom. The summed E-state index contributed by atoms with van der Waals surface area (Å²) in [5.41, 5.74) is 0. The van der Waals surface area contributed by atoms with Crippen LogP contribution in [-0.2, 0) is 0 Å². The molecule has 2 fully saturated rings. The molecule has 4 unspecified atom stereocenters. The van der Waals surface area contributed by atoms with E-state index in [0.717, 1.165) is 24.3 Å². The summed E-state index contributed by atoms with van der Waals surface area (Å²) in [4.78, 5) is 2.72. The summed E-state index contributed by atoms with van der Waals surface area (Å²) in [6.45, 7) is 8.01. The Hall–Kier alpha value is -0.0800. The van der Waals surface area contributed by atoms with Gasteiger partial charge in [0.1, 0.15) is 0 Å². The second-order valence-corrected chi connectivity index (χ2v) is 6.69. The molecule has 2 heteroatoms. The van der Waals surface area contributed by atoms with Crippen molar-refractivity contribution in [1.29, 1.82) is 0 Å². The standard InChI is InChI=1S/C15H29NO/c1-11-7-12(2)9-15(8-11)16-6-4-5-14(16)10-13(3)17/h11-15,17H,4-10H2,1-3H3. The van der Waals surface area contributed by atoms with Crippen LogP contribution < -0.4 is 0 Å². The molecule has 1 saturated heterocycles. The van der Waals surface area contributed by atoms with Crippen LogP contribution in [-0.4, -0.2) is 34.7 Å². The predicted molar refractivity (Wildman–Crippen MR) is 72.0 cm³/mol. The zero-order valence-corrected chi connectivity index (χ0v) is 11.7. The molecule has 0 bridgehead atoms. The lowest BCUT2D eigenvalue weighted by Gasteiger charge is -2.40. The molecule has 1 saturated carbocycles. The zero-order valence-electron chi connectivity index (χ0n) is 11.7. The maximum atomic E-state index is 9.61. The molecular weight excluding hydrogens is 210 g/mol. The Labute approximate surface area is 106 Å². The van der Waals surface area contributed by atoms with Crippen molar-refractivity contribution in [2.45, 2.75) is 77.5 Å². The van der Waals surface area contributed by atoms with Crippen molar-refractivity contribution in [3.05, 3.63) is 0 Å². The van der Waals surface area contributed by atoms with Gasteiger partial charge in [0.2, 0.25) is 0 Å². The molecule has 100 valence electrons. The van der Waals surface area contributed by atoms with Crippen LogP contribution in [0.25, 0.3) is 0 Å². The molecule has 0 amide bonds. The van der Waals surface area contributed by atoms with E-state index < -0.39 is 0 Å². The number of aliphatic hydroxyl groups is 1. The maximum Gasteiger partial charge on any atom is 0.0527 e. The summed E-state index contributed by atoms with van der Waals surface area (Å²) < 4.78 is 0. The first-order valence-corrected chi connectivity index (χ1v) is 7.50. The highest BCUT2D eigenvalue weighted by Crippen LogP contribution is 2.35. The van der Waals surface area contributed by atoms with E-state index in [1.165, 1.54) is 38.6 Å². The first-order chi connectivity index (χ1) is 8.06. The largest absolute Gasteiger partial charge is 0.393 e. The van der Waals surface area contributed by atoms with Crippen LogP contribution in [0, 0.1) is 11.8 Å². The van der Waals surface area contributed by atoms with Crippen molar-refractivity contribution < 1.29 is 5.11 Å². The fraction of sp³-hybridized carbons (Fsp3) is 1.00. The second kappa shape index (κ2) is 5.71. The topological polar surface area (TPSA) is 23.5 Å². The van der Waals surface area contributed by atoms with Crippen LogP contribution in [0.4, 0.5) is 0 Å². The van der Waals surface area contributed by atoms with Crippen LogP contribution in [0.1, 0.15) is 59.3 Å². The van der Waals surface area contributed by atoms with Crippen LogP contribution in [0.5, 0.6) is 0 Å². The van der Waals surface area contributed by atoms with Crippen molar-refractivity contribution in [3.8, 4) is 0 Å². The minimum Gasteiger partial charge on any atom is -0.393 e. The van der Waals surface area contributed by atoms with Gasteiger partial charge in [0, 0.05) is 12.1 Å². The fourth-order valence-electron chi connectivity index (χ4n) is 4.16. The molecule has 0 aromatic heterocycles. The molecule has 2 rings (SSSR count). The van der Waals surface area contributed by atoms with Crippen molar-refractivity contribution >= 4 is 0 Å². The van der Waals surface area contributed by atoms with E-state index >= 15 is 0 Å². The van der Waals surface area contributed by atoms with Gasteiger partial charge in [0.05, 0.1) is 6.10 Å². The quantitative estimate of drug-likeness (QED) is 0.818. The van der Waals surface area contributed by atoms with Gasteiger partial charge < -0.3 is 5.11 Å². The molecule has 0 spiro atoms. The van der Waals surface area contributed by atoms with Crippen molar-refractivity contribution in [2.75, 3.05) is 6.54 Å². The van der Waals surface area contributed by atoms with Crippen LogP contribution in [0.15, 0.2) is 0 Å². The lowest BCUT2D eigenvalue weighted by molar-refractivity contribution is 0.0707. The summed E-state index contributed by atoms with van der Waals surface area (Å²) in [5, 5.41) is 9.61. The average molecular weight is 239 g/mol. The van der Waals surface area contributed by atoms with Gasteiger partial charge >= 0.3 is 0 Å². The number of hydrogen-bond donors (Lipinski definition) is 1. The van der Waals surface area contributed by atoms with Gasteiger partial charge in [-0.05, 0) is 63.8 Å². The molecule has 0 radical (unpaired) electrons. The number of rotatable bonds is 3. The van der Waals surface area contributed by atoms with Gasteiger partial charge in [-0.3, -0.25) is 4.90 Å². The summed E-state index contributed by atoms with van der Waals surface area (Å²) in [7, 11) is 0. The van der Waals surface area contributed by atoms with Gasteiger partial charge in [-0.1, -0.05) is 13.8 Å². The molecule has 2 aliphatic rings. The Morgan fingerprint density at radius 2 is 1.82 bits per heavy atom. The Balaban J connectivity index is 1.95.